The minimum absolute atomic E-state index is 0.00447. The predicted octanol–water partition coefficient (Wildman–Crippen LogP) is 8.31. The van der Waals surface area contributed by atoms with Gasteiger partial charge in [-0.3, -0.25) is 19.5 Å². The van der Waals surface area contributed by atoms with Gasteiger partial charge in [-0.25, -0.2) is 27.5 Å². The number of benzene rings is 1. The zero-order valence-corrected chi connectivity index (χ0v) is 32.1. The van der Waals surface area contributed by atoms with Crippen LogP contribution in [0.25, 0.3) is 22.3 Å². The summed E-state index contributed by atoms with van der Waals surface area (Å²) in [5.74, 6) is -3.05. The third kappa shape index (κ3) is 5.55. The van der Waals surface area contributed by atoms with Gasteiger partial charge in [0.05, 0.1) is 50.6 Å². The molecular formula is C40H43ClF4N8O2. The van der Waals surface area contributed by atoms with E-state index < -0.39 is 51.2 Å². The van der Waals surface area contributed by atoms with Gasteiger partial charge in [0.15, 0.2) is 17.5 Å². The molecule has 0 unspecified atom stereocenters. The molecule has 1 saturated heterocycles. The van der Waals surface area contributed by atoms with Gasteiger partial charge in [0.1, 0.15) is 11.1 Å². The first-order chi connectivity index (χ1) is 26.0. The van der Waals surface area contributed by atoms with Gasteiger partial charge in [-0.2, -0.15) is 0 Å². The van der Waals surface area contributed by atoms with Gasteiger partial charge >= 0.3 is 0 Å². The van der Waals surface area contributed by atoms with Crippen LogP contribution in [0, 0.1) is 17.6 Å². The fourth-order valence-corrected chi connectivity index (χ4v) is 9.81. The molecule has 2 aliphatic heterocycles. The standard InChI is InChI=1S/C40H43ClF4N8O2/c1-19(2)51-18-47-27-13-25(48-34(32(27)51)49-26-12-24(29(41)31(43)30(26)42)35(54)50-40(8-9-40)36(44)45)21-11-28-33(46-16-21)38(3,4)37(55)53(28)23-14-39(5,15-23)52-17-20-6-7-22(52)10-20/h11-13,16,18-20,22-23,36H,6-10,14-15,17H2,1-5H3,(H,48,49)(H,50,54)/t20-,22+,23-,39+/m0/s1. The number of piperidine rings is 1. The van der Waals surface area contributed by atoms with Gasteiger partial charge in [-0.15, -0.1) is 0 Å². The molecule has 2 bridgehead atoms. The highest BCUT2D eigenvalue weighted by Gasteiger charge is 2.57. The van der Waals surface area contributed by atoms with E-state index >= 15 is 8.78 Å². The Morgan fingerprint density at radius 2 is 1.76 bits per heavy atom. The summed E-state index contributed by atoms with van der Waals surface area (Å²) in [6.07, 6.45) is 6.12. The number of imidazole rings is 1. The first-order valence-electron chi connectivity index (χ1n) is 19.1. The highest BCUT2D eigenvalue weighted by Crippen LogP contribution is 2.53. The number of halogens is 5. The molecule has 3 aliphatic carbocycles. The highest BCUT2D eigenvalue weighted by atomic mass is 35.5. The topological polar surface area (TPSA) is 108 Å². The summed E-state index contributed by atoms with van der Waals surface area (Å²) in [6, 6.07) is 5.23. The van der Waals surface area contributed by atoms with E-state index in [1.807, 2.05) is 43.2 Å². The number of fused-ring (bicyclic) bond motifs is 4. The van der Waals surface area contributed by atoms with Crippen LogP contribution in [-0.2, 0) is 10.2 Å². The van der Waals surface area contributed by atoms with Crippen LogP contribution >= 0.6 is 11.6 Å². The number of pyridine rings is 2. The Hall–Kier alpha value is -4.30. The Labute approximate surface area is 321 Å². The van der Waals surface area contributed by atoms with Crippen molar-refractivity contribution in [3.05, 3.63) is 58.6 Å². The van der Waals surface area contributed by atoms with Gasteiger partial charge in [0, 0.05) is 42.0 Å². The fourth-order valence-electron chi connectivity index (χ4n) is 9.59. The molecule has 2 N–H and O–H groups in total. The Morgan fingerprint density at radius 3 is 2.40 bits per heavy atom. The average Bonchev–Trinajstić information content (AvgIpc) is 3.42. The van der Waals surface area contributed by atoms with Crippen LogP contribution in [-0.4, -0.2) is 72.4 Å². The van der Waals surface area contributed by atoms with Gasteiger partial charge in [0.2, 0.25) is 5.91 Å². The minimum atomic E-state index is -2.83. The number of hydrogen-bond donors (Lipinski definition) is 2. The molecule has 0 radical (unpaired) electrons. The molecule has 15 heteroatoms. The lowest BCUT2D eigenvalue weighted by atomic mass is 9.71. The van der Waals surface area contributed by atoms with Crippen molar-refractivity contribution in [2.45, 2.75) is 121 Å². The summed E-state index contributed by atoms with van der Waals surface area (Å²) in [5, 5.41) is 4.31. The quantitative estimate of drug-likeness (QED) is 0.130. The van der Waals surface area contributed by atoms with Crippen LogP contribution in [0.3, 0.4) is 0 Å². The van der Waals surface area contributed by atoms with Crippen molar-refractivity contribution in [3.8, 4) is 11.3 Å². The van der Waals surface area contributed by atoms with E-state index in [9.17, 15) is 18.4 Å². The number of nitrogens with one attached hydrogen (secondary N) is 2. The molecule has 0 spiro atoms. The molecule has 4 fully saturated rings. The molecule has 1 aromatic carbocycles. The van der Waals surface area contributed by atoms with E-state index in [0.29, 0.717) is 34.0 Å². The summed E-state index contributed by atoms with van der Waals surface area (Å²) in [4.78, 5) is 46.1. The summed E-state index contributed by atoms with van der Waals surface area (Å²) in [5.41, 5.74) is -0.115. The molecule has 2 atom stereocenters. The van der Waals surface area contributed by atoms with Crippen LogP contribution in [0.15, 0.2) is 30.7 Å². The van der Waals surface area contributed by atoms with Crippen molar-refractivity contribution in [2.24, 2.45) is 5.92 Å². The van der Waals surface area contributed by atoms with Crippen molar-refractivity contribution < 1.29 is 27.2 Å². The van der Waals surface area contributed by atoms with E-state index in [-0.39, 0.29) is 42.2 Å². The predicted molar refractivity (Wildman–Crippen MR) is 201 cm³/mol. The van der Waals surface area contributed by atoms with E-state index in [1.54, 1.807) is 18.6 Å². The van der Waals surface area contributed by atoms with Gasteiger partial charge in [-0.1, -0.05) is 11.6 Å². The van der Waals surface area contributed by atoms with E-state index in [2.05, 4.69) is 27.4 Å². The van der Waals surface area contributed by atoms with Crippen LogP contribution < -0.4 is 15.5 Å². The number of carbonyl (C=O) groups excluding carboxylic acids is 2. The SMILES string of the molecule is CC(C)n1cnc2cc(-c3cnc4c(c3)N([C@H]3C[C@@](C)(N5C[C@H]6CC[C@@H]5C6)C3)C(=O)C4(C)C)nc(Nc3cc(C(=O)NC4(C(F)F)CC4)c(Cl)c(F)c3F)c21. The Balaban J connectivity index is 1.08. The molecular weight excluding hydrogens is 736 g/mol. The highest BCUT2D eigenvalue weighted by molar-refractivity contribution is 6.34. The Morgan fingerprint density at radius 1 is 1.02 bits per heavy atom. The largest absolute Gasteiger partial charge is 0.341 e. The number of amides is 2. The first-order valence-corrected chi connectivity index (χ1v) is 19.4. The molecule has 3 aromatic heterocycles. The average molecular weight is 779 g/mol. The molecule has 5 aliphatic rings. The number of rotatable bonds is 9. The second-order valence-corrected chi connectivity index (χ2v) is 17.7. The maximum atomic E-state index is 15.6. The molecule has 55 heavy (non-hydrogen) atoms. The number of likely N-dealkylation sites (tertiary alicyclic amines) is 1. The minimum Gasteiger partial charge on any atom is -0.341 e. The van der Waals surface area contributed by atoms with Crippen LogP contribution in [0.4, 0.5) is 34.8 Å². The number of aromatic nitrogens is 4. The van der Waals surface area contributed by atoms with E-state index in [4.69, 9.17) is 21.6 Å². The second kappa shape index (κ2) is 12.3. The summed E-state index contributed by atoms with van der Waals surface area (Å²) < 4.78 is 60.0. The molecule has 290 valence electrons. The maximum Gasteiger partial charge on any atom is 0.261 e. The lowest BCUT2D eigenvalue weighted by Crippen LogP contribution is -2.64. The van der Waals surface area contributed by atoms with Crippen molar-refractivity contribution in [2.75, 3.05) is 16.8 Å². The zero-order chi connectivity index (χ0) is 38.9. The lowest BCUT2D eigenvalue weighted by molar-refractivity contribution is -0.124. The summed E-state index contributed by atoms with van der Waals surface area (Å²) >= 11 is 6.08. The van der Waals surface area contributed by atoms with E-state index in [1.165, 1.54) is 19.3 Å². The van der Waals surface area contributed by atoms with Gasteiger partial charge in [0.25, 0.3) is 12.3 Å². The lowest BCUT2D eigenvalue weighted by Gasteiger charge is -2.56. The Bertz CT molecular complexity index is 2280. The van der Waals surface area contributed by atoms with Crippen LogP contribution in [0.5, 0.6) is 0 Å². The monoisotopic (exact) mass is 778 g/mol. The normalized spacial score (nSPS) is 26.3. The van der Waals surface area contributed by atoms with E-state index in [0.717, 1.165) is 37.1 Å². The van der Waals surface area contributed by atoms with Crippen LogP contribution in [0.2, 0.25) is 5.02 Å². The second-order valence-electron chi connectivity index (χ2n) is 17.4. The summed E-state index contributed by atoms with van der Waals surface area (Å²) in [6.45, 7) is 11.1. The van der Waals surface area contributed by atoms with Gasteiger partial charge in [-0.05, 0) is 104 Å². The molecule has 10 nitrogen and oxygen atoms in total. The number of carbonyl (C=O) groups is 2. The fraction of sp³-hybridized carbons (Fsp3) is 0.525. The molecule has 9 rings (SSSR count). The summed E-state index contributed by atoms with van der Waals surface area (Å²) in [7, 11) is 0. The Kier molecular flexibility index (Phi) is 8.16. The molecule has 2 amide bonds. The van der Waals surface area contributed by atoms with Crippen molar-refractivity contribution in [1.82, 2.24) is 29.7 Å². The molecule has 4 aromatic rings. The number of alkyl halides is 2. The van der Waals surface area contributed by atoms with Crippen molar-refractivity contribution in [3.63, 3.8) is 0 Å². The number of hydrogen-bond acceptors (Lipinski definition) is 7. The zero-order valence-electron chi connectivity index (χ0n) is 31.3. The van der Waals surface area contributed by atoms with Crippen LogP contribution in [0.1, 0.15) is 102 Å². The first kappa shape index (κ1) is 36.3. The smallest absolute Gasteiger partial charge is 0.261 e. The third-order valence-corrected chi connectivity index (χ3v) is 13.3. The van der Waals surface area contributed by atoms with Gasteiger partial charge < -0.3 is 20.1 Å². The number of nitrogens with zero attached hydrogens (tertiary/aromatic N) is 6. The number of anilines is 3. The molecule has 5 heterocycles. The molecule has 3 saturated carbocycles. The van der Waals surface area contributed by atoms with Crippen molar-refractivity contribution >= 4 is 51.6 Å². The van der Waals surface area contributed by atoms with Crippen molar-refractivity contribution in [1.29, 1.82) is 0 Å². The third-order valence-electron chi connectivity index (χ3n) is 12.9. The maximum absolute atomic E-state index is 15.6.